The minimum absolute atomic E-state index is 0.111. The number of nitrogens with zero attached hydrogens (tertiary/aromatic N) is 2. The Morgan fingerprint density at radius 3 is 2.38 bits per heavy atom. The lowest BCUT2D eigenvalue weighted by Crippen LogP contribution is -2.17. The van der Waals surface area contributed by atoms with Crippen LogP contribution in [0.5, 0.6) is 0 Å². The van der Waals surface area contributed by atoms with Crippen LogP contribution in [-0.2, 0) is 26.7 Å². The molecule has 0 aliphatic carbocycles. The van der Waals surface area contributed by atoms with Gasteiger partial charge in [0.1, 0.15) is 5.56 Å². The topological polar surface area (TPSA) is 114 Å². The molecule has 2 heterocycles. The number of methoxy groups -OCH3 is 1. The third kappa shape index (κ3) is 4.35. The Bertz CT molecular complexity index is 1310. The van der Waals surface area contributed by atoms with Crippen molar-refractivity contribution < 1.29 is 39.9 Å². The lowest BCUT2D eigenvalue weighted by molar-refractivity contribution is -0.137. The van der Waals surface area contributed by atoms with E-state index in [0.717, 1.165) is 25.6 Å². The number of fused-ring (bicyclic) bond motifs is 1. The fraction of sp³-hybridized carbons (Fsp3) is 0.278. The molecule has 1 amide bonds. The Balaban J connectivity index is 2.36. The summed E-state index contributed by atoms with van der Waals surface area (Å²) in [6.45, 7) is 0.540. The first-order chi connectivity index (χ1) is 14.6. The number of alkyl halides is 5. The van der Waals surface area contributed by atoms with Crippen molar-refractivity contribution in [2.45, 2.75) is 24.2 Å². The highest BCUT2D eigenvalue weighted by molar-refractivity contribution is 7.90. The van der Waals surface area contributed by atoms with Crippen molar-refractivity contribution in [1.82, 2.24) is 15.0 Å². The molecule has 2 N–H and O–H groups in total. The molecule has 0 spiro atoms. The van der Waals surface area contributed by atoms with Crippen molar-refractivity contribution in [2.24, 2.45) is 0 Å². The normalized spacial score (nSPS) is 12.8. The number of sulfone groups is 1. The van der Waals surface area contributed by atoms with Crippen LogP contribution < -0.4 is 5.32 Å². The predicted molar refractivity (Wildman–Crippen MR) is 103 cm³/mol. The zero-order chi connectivity index (χ0) is 24.1. The summed E-state index contributed by atoms with van der Waals surface area (Å²) in [6.07, 6.45) is -3.96. The number of hydrogen-bond donors (Lipinski definition) is 2. The van der Waals surface area contributed by atoms with Crippen LogP contribution in [0, 0.1) is 0 Å². The molecule has 8 nitrogen and oxygen atoms in total. The summed E-state index contributed by atoms with van der Waals surface area (Å²) in [6, 6.07) is 2.25. The molecule has 0 saturated carbocycles. The lowest BCUT2D eigenvalue weighted by Gasteiger charge is -2.18. The summed E-state index contributed by atoms with van der Waals surface area (Å²) in [7, 11) is -3.04. The molecular weight excluding hydrogens is 463 g/mol. The Kier molecular flexibility index (Phi) is 5.62. The molecule has 0 radical (unpaired) electrons. The van der Waals surface area contributed by atoms with Gasteiger partial charge in [-0.15, -0.1) is 0 Å². The zero-order valence-electron chi connectivity index (χ0n) is 16.6. The lowest BCUT2D eigenvalue weighted by atomic mass is 10.00. The monoisotopic (exact) mass is 478 g/mol. The van der Waals surface area contributed by atoms with Gasteiger partial charge in [-0.05, 0) is 6.07 Å². The van der Waals surface area contributed by atoms with E-state index in [9.17, 15) is 35.2 Å². The molecule has 0 unspecified atom stereocenters. The molecule has 3 aromatic rings. The van der Waals surface area contributed by atoms with Gasteiger partial charge in [-0.25, -0.2) is 32.0 Å². The second-order valence-corrected chi connectivity index (χ2v) is 8.71. The van der Waals surface area contributed by atoms with Crippen LogP contribution in [0.15, 0.2) is 29.7 Å². The number of carbonyl (C=O) groups is 1. The number of aromatic nitrogens is 3. The first-order valence-corrected chi connectivity index (χ1v) is 10.6. The standard InChI is InChI=1S/C18H15F5N4O4S/c1-17(19,20)12-11(26-16(28)31-2)5-4-8-9(6-24-14(8)12)13-10(18(21,22)23)7-25-15(27-13)32(3,29)30/h4-7,24H,1-3H3,(H,26,28). The van der Waals surface area contributed by atoms with Crippen molar-refractivity contribution >= 4 is 32.5 Å². The number of nitrogens with one attached hydrogen (secondary N) is 2. The third-order valence-electron chi connectivity index (χ3n) is 4.38. The number of amides is 1. The minimum Gasteiger partial charge on any atom is -0.453 e. The molecule has 172 valence electrons. The average molecular weight is 478 g/mol. The summed E-state index contributed by atoms with van der Waals surface area (Å²) in [5, 5.41) is 1.15. The van der Waals surface area contributed by atoms with E-state index in [2.05, 4.69) is 25.0 Å². The number of H-pyrrole nitrogens is 1. The van der Waals surface area contributed by atoms with Crippen molar-refractivity contribution in [1.29, 1.82) is 0 Å². The van der Waals surface area contributed by atoms with Gasteiger partial charge in [0.2, 0.25) is 15.0 Å². The maximum atomic E-state index is 14.4. The van der Waals surface area contributed by atoms with Crippen molar-refractivity contribution in [3.63, 3.8) is 0 Å². The van der Waals surface area contributed by atoms with Crippen LogP contribution in [-0.4, -0.2) is 42.8 Å². The SMILES string of the molecule is COC(=O)Nc1ccc2c(-c3nc(S(C)(=O)=O)ncc3C(F)(F)F)c[nH]c2c1C(C)(F)F. The third-order valence-corrected chi connectivity index (χ3v) is 5.24. The summed E-state index contributed by atoms with van der Waals surface area (Å²) in [4.78, 5) is 20.8. The molecule has 32 heavy (non-hydrogen) atoms. The second-order valence-electron chi connectivity index (χ2n) is 6.80. The molecule has 0 aliphatic rings. The number of carbonyl (C=O) groups excluding carboxylic acids is 1. The number of halogens is 5. The van der Waals surface area contributed by atoms with E-state index in [-0.39, 0.29) is 22.2 Å². The number of aromatic amines is 1. The Hall–Kier alpha value is -3.29. The van der Waals surface area contributed by atoms with Crippen LogP contribution >= 0.6 is 0 Å². The van der Waals surface area contributed by atoms with Crippen LogP contribution in [0.25, 0.3) is 22.2 Å². The highest BCUT2D eigenvalue weighted by atomic mass is 32.2. The minimum atomic E-state index is -4.96. The molecule has 3 rings (SSSR count). The molecule has 0 atom stereocenters. The molecule has 0 saturated heterocycles. The van der Waals surface area contributed by atoms with Crippen molar-refractivity contribution in [3.05, 3.63) is 35.7 Å². The van der Waals surface area contributed by atoms with Crippen molar-refractivity contribution in [3.8, 4) is 11.3 Å². The number of anilines is 1. The van der Waals surface area contributed by atoms with Gasteiger partial charge in [0.25, 0.3) is 5.92 Å². The molecule has 0 aliphatic heterocycles. The summed E-state index contributed by atoms with van der Waals surface area (Å²) < 4.78 is 97.4. The maximum absolute atomic E-state index is 14.4. The van der Waals surface area contributed by atoms with Gasteiger partial charge in [-0.1, -0.05) is 6.07 Å². The predicted octanol–water partition coefficient (Wildman–Crippen LogP) is 4.34. The fourth-order valence-corrected chi connectivity index (χ4v) is 3.57. The van der Waals surface area contributed by atoms with E-state index in [1.165, 1.54) is 6.07 Å². The van der Waals surface area contributed by atoms with Gasteiger partial charge >= 0.3 is 12.3 Å². The Morgan fingerprint density at radius 1 is 1.19 bits per heavy atom. The smallest absolute Gasteiger partial charge is 0.419 e. The maximum Gasteiger partial charge on any atom is 0.419 e. The molecule has 14 heteroatoms. The van der Waals surface area contributed by atoms with E-state index in [1.807, 2.05) is 0 Å². The summed E-state index contributed by atoms with van der Waals surface area (Å²) >= 11 is 0. The first kappa shape index (κ1) is 23.4. The van der Waals surface area contributed by atoms with E-state index in [4.69, 9.17) is 0 Å². The molecule has 1 aromatic carbocycles. The van der Waals surface area contributed by atoms with Crippen LogP contribution in [0.4, 0.5) is 32.4 Å². The summed E-state index contributed by atoms with van der Waals surface area (Å²) in [5.41, 5.74) is -3.77. The Morgan fingerprint density at radius 2 is 1.84 bits per heavy atom. The van der Waals surface area contributed by atoms with Gasteiger partial charge in [-0.3, -0.25) is 5.32 Å². The van der Waals surface area contributed by atoms with Gasteiger partial charge in [0.15, 0.2) is 0 Å². The Labute approximate surface area is 177 Å². The van der Waals surface area contributed by atoms with E-state index in [1.54, 1.807) is 0 Å². The fourth-order valence-electron chi connectivity index (χ4n) is 3.07. The number of hydrogen-bond acceptors (Lipinski definition) is 6. The number of rotatable bonds is 4. The molecule has 2 aromatic heterocycles. The van der Waals surface area contributed by atoms with Gasteiger partial charge in [0, 0.05) is 36.5 Å². The number of ether oxygens (including phenoxy) is 1. The van der Waals surface area contributed by atoms with E-state index in [0.29, 0.717) is 13.1 Å². The van der Waals surface area contributed by atoms with Gasteiger partial charge in [0.05, 0.1) is 29.6 Å². The first-order valence-electron chi connectivity index (χ1n) is 8.66. The van der Waals surface area contributed by atoms with Gasteiger partial charge < -0.3 is 9.72 Å². The molecule has 0 fully saturated rings. The van der Waals surface area contributed by atoms with E-state index < -0.39 is 50.0 Å². The average Bonchev–Trinajstić information content (AvgIpc) is 3.08. The van der Waals surface area contributed by atoms with Crippen LogP contribution in [0.2, 0.25) is 0 Å². The molecular formula is C18H15F5N4O4S. The van der Waals surface area contributed by atoms with Crippen LogP contribution in [0.1, 0.15) is 18.1 Å². The quantitative estimate of drug-likeness (QED) is 0.426. The summed E-state index contributed by atoms with van der Waals surface area (Å²) in [5.74, 6) is -3.53. The van der Waals surface area contributed by atoms with Crippen molar-refractivity contribution in [2.75, 3.05) is 18.7 Å². The van der Waals surface area contributed by atoms with Gasteiger partial charge in [-0.2, -0.15) is 13.2 Å². The second kappa shape index (κ2) is 7.69. The molecule has 0 bridgehead atoms. The zero-order valence-corrected chi connectivity index (χ0v) is 17.5. The largest absolute Gasteiger partial charge is 0.453 e. The van der Waals surface area contributed by atoms with E-state index >= 15 is 0 Å². The number of benzene rings is 1. The van der Waals surface area contributed by atoms with Crippen LogP contribution in [0.3, 0.4) is 0 Å². The highest BCUT2D eigenvalue weighted by Gasteiger charge is 2.38. The highest BCUT2D eigenvalue weighted by Crippen LogP contribution is 2.43.